The Kier molecular flexibility index (Phi) is 3.73. The maximum absolute atomic E-state index is 12.1. The molecular formula is C13H24N2O2. The van der Waals surface area contributed by atoms with E-state index in [4.69, 9.17) is 0 Å². The molecule has 0 radical (unpaired) electrons. The summed E-state index contributed by atoms with van der Waals surface area (Å²) in [4.78, 5) is 14.0. The van der Waals surface area contributed by atoms with Crippen LogP contribution in [-0.2, 0) is 4.79 Å². The Morgan fingerprint density at radius 3 is 2.94 bits per heavy atom. The first-order chi connectivity index (χ1) is 8.07. The van der Waals surface area contributed by atoms with Gasteiger partial charge in [-0.3, -0.25) is 4.79 Å². The maximum Gasteiger partial charge on any atom is 0.239 e. The van der Waals surface area contributed by atoms with Gasteiger partial charge in [-0.15, -0.1) is 0 Å². The lowest BCUT2D eigenvalue weighted by Gasteiger charge is -2.47. The van der Waals surface area contributed by atoms with Crippen LogP contribution in [0.1, 0.15) is 39.0 Å². The van der Waals surface area contributed by atoms with Crippen LogP contribution in [0.2, 0.25) is 0 Å². The summed E-state index contributed by atoms with van der Waals surface area (Å²) in [6, 6.07) is -0.121. The fourth-order valence-electron chi connectivity index (χ4n) is 3.17. The van der Waals surface area contributed by atoms with E-state index in [9.17, 15) is 9.90 Å². The Labute approximate surface area is 103 Å². The molecule has 2 rings (SSSR count). The average Bonchev–Trinajstić information content (AvgIpc) is 2.35. The van der Waals surface area contributed by atoms with Crippen molar-refractivity contribution in [2.45, 2.75) is 50.7 Å². The van der Waals surface area contributed by atoms with Gasteiger partial charge in [0.25, 0.3) is 0 Å². The van der Waals surface area contributed by atoms with E-state index in [0.717, 1.165) is 32.2 Å². The van der Waals surface area contributed by atoms with E-state index in [2.05, 4.69) is 5.32 Å². The van der Waals surface area contributed by atoms with E-state index < -0.39 is 5.60 Å². The molecule has 2 aliphatic rings. The second kappa shape index (κ2) is 4.94. The molecule has 17 heavy (non-hydrogen) atoms. The molecule has 2 N–H and O–H groups in total. The Balaban J connectivity index is 1.99. The monoisotopic (exact) mass is 240 g/mol. The van der Waals surface area contributed by atoms with Gasteiger partial charge >= 0.3 is 0 Å². The SMILES string of the molecule is CNC(C)C(=O)N1CCC2(O)CCCCC2C1. The van der Waals surface area contributed by atoms with Crippen molar-refractivity contribution >= 4 is 5.91 Å². The number of hydrogen-bond donors (Lipinski definition) is 2. The molecular weight excluding hydrogens is 216 g/mol. The lowest BCUT2D eigenvalue weighted by molar-refractivity contribution is -0.144. The average molecular weight is 240 g/mol. The van der Waals surface area contributed by atoms with Gasteiger partial charge in [-0.05, 0) is 33.2 Å². The van der Waals surface area contributed by atoms with E-state index in [-0.39, 0.29) is 17.9 Å². The molecule has 0 aromatic carbocycles. The quantitative estimate of drug-likeness (QED) is 0.749. The molecule has 1 aliphatic carbocycles. The highest BCUT2D eigenvalue weighted by Crippen LogP contribution is 2.39. The van der Waals surface area contributed by atoms with Crippen molar-refractivity contribution in [1.82, 2.24) is 10.2 Å². The molecule has 1 amide bonds. The van der Waals surface area contributed by atoms with Crippen LogP contribution in [-0.4, -0.2) is 47.7 Å². The van der Waals surface area contributed by atoms with Crippen molar-refractivity contribution in [2.24, 2.45) is 5.92 Å². The number of likely N-dealkylation sites (tertiary alicyclic amines) is 1. The largest absolute Gasteiger partial charge is 0.389 e. The summed E-state index contributed by atoms with van der Waals surface area (Å²) in [5.74, 6) is 0.457. The van der Waals surface area contributed by atoms with Gasteiger partial charge in [0.15, 0.2) is 0 Å². The zero-order chi connectivity index (χ0) is 12.5. The van der Waals surface area contributed by atoms with E-state index in [1.54, 1.807) is 0 Å². The minimum atomic E-state index is -0.488. The van der Waals surface area contributed by atoms with Gasteiger partial charge in [0.2, 0.25) is 5.91 Å². The maximum atomic E-state index is 12.1. The second-order valence-electron chi connectivity index (χ2n) is 5.59. The summed E-state index contributed by atoms with van der Waals surface area (Å²) in [7, 11) is 1.81. The molecule has 1 aliphatic heterocycles. The minimum Gasteiger partial charge on any atom is -0.389 e. The van der Waals surface area contributed by atoms with Crippen LogP contribution in [0.25, 0.3) is 0 Å². The predicted octanol–water partition coefficient (Wildman–Crippen LogP) is 0.748. The van der Waals surface area contributed by atoms with E-state index in [1.807, 2.05) is 18.9 Å². The summed E-state index contributed by atoms with van der Waals surface area (Å²) in [6.45, 7) is 3.34. The van der Waals surface area contributed by atoms with Gasteiger partial charge < -0.3 is 15.3 Å². The van der Waals surface area contributed by atoms with Crippen LogP contribution in [0.3, 0.4) is 0 Å². The van der Waals surface area contributed by atoms with Crippen molar-refractivity contribution < 1.29 is 9.90 Å². The molecule has 0 spiro atoms. The molecule has 98 valence electrons. The molecule has 4 heteroatoms. The molecule has 0 aromatic heterocycles. The lowest BCUT2D eigenvalue weighted by Crippen LogP contribution is -2.57. The van der Waals surface area contributed by atoms with Crippen molar-refractivity contribution in [3.8, 4) is 0 Å². The van der Waals surface area contributed by atoms with E-state index in [0.29, 0.717) is 6.54 Å². The Bertz CT molecular complexity index is 295. The summed E-state index contributed by atoms with van der Waals surface area (Å²) in [6.07, 6.45) is 5.06. The van der Waals surface area contributed by atoms with Crippen LogP contribution < -0.4 is 5.32 Å². The van der Waals surface area contributed by atoms with Crippen molar-refractivity contribution in [3.05, 3.63) is 0 Å². The number of fused-ring (bicyclic) bond motifs is 1. The first kappa shape index (κ1) is 12.8. The van der Waals surface area contributed by atoms with Crippen LogP contribution in [0.5, 0.6) is 0 Å². The Morgan fingerprint density at radius 2 is 2.24 bits per heavy atom. The summed E-state index contributed by atoms with van der Waals surface area (Å²) >= 11 is 0. The number of amides is 1. The highest BCUT2D eigenvalue weighted by atomic mass is 16.3. The third-order valence-corrected chi connectivity index (χ3v) is 4.54. The van der Waals surface area contributed by atoms with Gasteiger partial charge in [-0.1, -0.05) is 12.8 Å². The third kappa shape index (κ3) is 2.47. The standard InChI is InChI=1S/C13H24N2O2/c1-10(14-2)12(16)15-8-7-13(17)6-4-3-5-11(13)9-15/h10-11,14,17H,3-9H2,1-2H3. The van der Waals surface area contributed by atoms with Crippen LogP contribution in [0.15, 0.2) is 0 Å². The number of piperidine rings is 1. The minimum absolute atomic E-state index is 0.121. The van der Waals surface area contributed by atoms with Crippen LogP contribution in [0.4, 0.5) is 0 Å². The molecule has 4 nitrogen and oxygen atoms in total. The summed E-state index contributed by atoms with van der Waals surface area (Å²) in [5.41, 5.74) is -0.488. The lowest BCUT2D eigenvalue weighted by atomic mass is 9.71. The van der Waals surface area contributed by atoms with Crippen molar-refractivity contribution in [1.29, 1.82) is 0 Å². The molecule has 3 atom stereocenters. The van der Waals surface area contributed by atoms with E-state index >= 15 is 0 Å². The molecule has 0 bridgehead atoms. The summed E-state index contributed by atoms with van der Waals surface area (Å²) in [5, 5.41) is 13.5. The van der Waals surface area contributed by atoms with Gasteiger partial charge in [-0.2, -0.15) is 0 Å². The first-order valence-electron chi connectivity index (χ1n) is 6.75. The number of hydrogen-bond acceptors (Lipinski definition) is 3. The zero-order valence-electron chi connectivity index (χ0n) is 10.9. The number of nitrogens with one attached hydrogen (secondary N) is 1. The molecule has 1 heterocycles. The molecule has 2 fully saturated rings. The van der Waals surface area contributed by atoms with E-state index in [1.165, 1.54) is 6.42 Å². The molecule has 1 saturated heterocycles. The molecule has 0 aromatic rings. The second-order valence-corrected chi connectivity index (χ2v) is 5.59. The van der Waals surface area contributed by atoms with Gasteiger partial charge in [0.05, 0.1) is 11.6 Å². The number of likely N-dealkylation sites (N-methyl/N-ethyl adjacent to an activating group) is 1. The normalized spacial score (nSPS) is 35.2. The number of rotatable bonds is 2. The molecule has 3 unspecified atom stereocenters. The fraction of sp³-hybridized carbons (Fsp3) is 0.923. The van der Waals surface area contributed by atoms with Gasteiger partial charge in [-0.25, -0.2) is 0 Å². The number of aliphatic hydroxyl groups is 1. The topological polar surface area (TPSA) is 52.6 Å². The number of nitrogens with zero attached hydrogens (tertiary/aromatic N) is 1. The highest BCUT2D eigenvalue weighted by molar-refractivity contribution is 5.81. The van der Waals surface area contributed by atoms with Crippen molar-refractivity contribution in [2.75, 3.05) is 20.1 Å². The van der Waals surface area contributed by atoms with Crippen LogP contribution in [0, 0.1) is 5.92 Å². The Hall–Kier alpha value is -0.610. The fourth-order valence-corrected chi connectivity index (χ4v) is 3.17. The molecule has 1 saturated carbocycles. The third-order valence-electron chi connectivity index (χ3n) is 4.54. The van der Waals surface area contributed by atoms with Crippen molar-refractivity contribution in [3.63, 3.8) is 0 Å². The Morgan fingerprint density at radius 1 is 1.47 bits per heavy atom. The first-order valence-corrected chi connectivity index (χ1v) is 6.75. The van der Waals surface area contributed by atoms with Gasteiger partial charge in [0.1, 0.15) is 0 Å². The number of carbonyl (C=O) groups excluding carboxylic acids is 1. The summed E-state index contributed by atoms with van der Waals surface area (Å²) < 4.78 is 0. The number of carbonyl (C=O) groups is 1. The zero-order valence-corrected chi connectivity index (χ0v) is 10.9. The van der Waals surface area contributed by atoms with Crippen LogP contribution >= 0.6 is 0 Å². The smallest absolute Gasteiger partial charge is 0.239 e. The predicted molar refractivity (Wildman–Crippen MR) is 66.6 cm³/mol. The highest BCUT2D eigenvalue weighted by Gasteiger charge is 2.43. The van der Waals surface area contributed by atoms with Gasteiger partial charge in [0, 0.05) is 19.0 Å².